The van der Waals surface area contributed by atoms with Crippen molar-refractivity contribution in [3.05, 3.63) is 62.1 Å². The highest BCUT2D eigenvalue weighted by Gasteiger charge is 2.24. The van der Waals surface area contributed by atoms with E-state index in [1.165, 1.54) is 18.5 Å². The van der Waals surface area contributed by atoms with Gasteiger partial charge < -0.3 is 24.3 Å². The molecule has 0 aliphatic carbocycles. The minimum absolute atomic E-state index is 0.0301. The van der Waals surface area contributed by atoms with Crippen LogP contribution < -0.4 is 10.3 Å². The zero-order chi connectivity index (χ0) is 26.0. The van der Waals surface area contributed by atoms with Gasteiger partial charge >= 0.3 is 11.8 Å². The van der Waals surface area contributed by atoms with Gasteiger partial charge in [-0.05, 0) is 30.9 Å². The Kier molecular flexibility index (Phi) is 7.34. The molecule has 0 spiro atoms. The van der Waals surface area contributed by atoms with Crippen LogP contribution in [0.2, 0.25) is 0 Å². The predicted octanol–water partition coefficient (Wildman–Crippen LogP) is 2.57. The molecular weight excluding hydrogens is 471 g/mol. The Bertz CT molecular complexity index is 1360. The van der Waals surface area contributed by atoms with Crippen molar-refractivity contribution in [1.29, 1.82) is 0 Å². The van der Waals surface area contributed by atoms with Gasteiger partial charge in [0.2, 0.25) is 5.43 Å². The normalized spacial score (nSPS) is 14.4. The van der Waals surface area contributed by atoms with Gasteiger partial charge in [0.15, 0.2) is 5.82 Å². The molecule has 3 aromatic rings. The van der Waals surface area contributed by atoms with Crippen LogP contribution >= 0.6 is 0 Å². The highest BCUT2D eigenvalue weighted by molar-refractivity contribution is 5.94. The van der Waals surface area contributed by atoms with Gasteiger partial charge in [-0.2, -0.15) is 0 Å². The van der Waals surface area contributed by atoms with E-state index in [2.05, 4.69) is 9.88 Å². The molecular formula is C24H29FN6O5. The summed E-state index contributed by atoms with van der Waals surface area (Å²) >= 11 is 0. The summed E-state index contributed by atoms with van der Waals surface area (Å²) < 4.78 is 23.5. The molecule has 1 aliphatic rings. The molecule has 36 heavy (non-hydrogen) atoms. The number of piperazine rings is 1. The summed E-state index contributed by atoms with van der Waals surface area (Å²) in [6.45, 7) is 9.38. The highest BCUT2D eigenvalue weighted by atomic mass is 19.1. The zero-order valence-electron chi connectivity index (χ0n) is 20.6. The Balaban J connectivity index is 1.52. The summed E-state index contributed by atoms with van der Waals surface area (Å²) in [5.74, 6) is -0.686. The van der Waals surface area contributed by atoms with Crippen molar-refractivity contribution in [3.63, 3.8) is 0 Å². The third-order valence-electron chi connectivity index (χ3n) is 6.56. The van der Waals surface area contributed by atoms with E-state index >= 15 is 4.39 Å². The van der Waals surface area contributed by atoms with E-state index in [0.717, 1.165) is 0 Å². The van der Waals surface area contributed by atoms with Gasteiger partial charge in [-0.25, -0.2) is 18.7 Å². The number of carbonyl (C=O) groups is 1. The number of esters is 1. The number of pyridine rings is 1. The Morgan fingerprint density at radius 2 is 1.92 bits per heavy atom. The molecule has 2 aromatic heterocycles. The predicted molar refractivity (Wildman–Crippen MR) is 132 cm³/mol. The largest absolute Gasteiger partial charge is 0.462 e. The molecule has 1 saturated heterocycles. The second-order valence-corrected chi connectivity index (χ2v) is 8.60. The van der Waals surface area contributed by atoms with Gasteiger partial charge in [0.05, 0.1) is 17.8 Å². The molecule has 12 heteroatoms. The number of imidazole rings is 1. The monoisotopic (exact) mass is 500 g/mol. The number of ether oxygens (including phenoxy) is 1. The van der Waals surface area contributed by atoms with E-state index < -0.39 is 22.1 Å². The second-order valence-electron chi connectivity index (χ2n) is 8.60. The Morgan fingerprint density at radius 3 is 2.56 bits per heavy atom. The minimum Gasteiger partial charge on any atom is -0.462 e. The van der Waals surface area contributed by atoms with Gasteiger partial charge in [-0.3, -0.25) is 9.69 Å². The maximum absolute atomic E-state index is 15.2. The van der Waals surface area contributed by atoms with Crippen LogP contribution in [-0.4, -0.2) is 69.2 Å². The van der Waals surface area contributed by atoms with Crippen LogP contribution in [0.4, 0.5) is 15.9 Å². The van der Waals surface area contributed by atoms with Crippen LogP contribution in [0.5, 0.6) is 0 Å². The van der Waals surface area contributed by atoms with E-state index in [1.54, 1.807) is 29.0 Å². The van der Waals surface area contributed by atoms with Crippen LogP contribution in [0.1, 0.15) is 30.0 Å². The second kappa shape index (κ2) is 10.4. The summed E-state index contributed by atoms with van der Waals surface area (Å²) in [6, 6.07) is 2.87. The summed E-state index contributed by atoms with van der Waals surface area (Å²) in [4.78, 5) is 44.0. The van der Waals surface area contributed by atoms with Gasteiger partial charge in [0, 0.05) is 57.8 Å². The lowest BCUT2D eigenvalue weighted by atomic mass is 10.1. The van der Waals surface area contributed by atoms with Crippen molar-refractivity contribution in [2.24, 2.45) is 0 Å². The number of aryl methyl sites for hydroxylation is 2. The fourth-order valence-corrected chi connectivity index (χ4v) is 4.59. The number of nitro groups is 1. The smallest absolute Gasteiger partial charge is 0.343 e. The topological polar surface area (TPSA) is 116 Å². The third-order valence-corrected chi connectivity index (χ3v) is 6.56. The van der Waals surface area contributed by atoms with Crippen molar-refractivity contribution >= 4 is 28.4 Å². The summed E-state index contributed by atoms with van der Waals surface area (Å²) in [7, 11) is 0. The summed E-state index contributed by atoms with van der Waals surface area (Å²) in [6.07, 6.45) is 2.74. The number of benzene rings is 1. The van der Waals surface area contributed by atoms with E-state index in [1.807, 2.05) is 11.8 Å². The molecule has 0 radical (unpaired) electrons. The first-order valence-electron chi connectivity index (χ1n) is 11.9. The molecule has 3 heterocycles. The van der Waals surface area contributed by atoms with Crippen molar-refractivity contribution in [3.8, 4) is 0 Å². The van der Waals surface area contributed by atoms with Crippen molar-refractivity contribution in [1.82, 2.24) is 19.0 Å². The van der Waals surface area contributed by atoms with Crippen LogP contribution in [0.3, 0.4) is 0 Å². The third kappa shape index (κ3) is 4.81. The van der Waals surface area contributed by atoms with Crippen LogP contribution in [0.25, 0.3) is 10.9 Å². The number of hydrogen-bond acceptors (Lipinski definition) is 8. The standard InChI is InChI=1S/C24H29FN6O5/c1-4-28-15-18(24(33)36-5-2)23(32)17-12-19(25)21(13-20(17)28)29-9-6-27(7-10-29)8-11-30-16(3)26-14-22(30)31(34)35/h12-15H,4-11H2,1-3H3. The maximum Gasteiger partial charge on any atom is 0.343 e. The molecule has 1 fully saturated rings. The SMILES string of the molecule is CCOC(=O)c1cn(CC)c2cc(N3CCN(CCn4c([N+](=O)[O-])cnc4C)CC3)c(F)cc2c1=O. The molecule has 1 aliphatic heterocycles. The fraction of sp³-hybridized carbons (Fsp3) is 0.458. The van der Waals surface area contributed by atoms with Gasteiger partial charge in [0.1, 0.15) is 24.1 Å². The molecule has 0 unspecified atom stereocenters. The molecule has 0 atom stereocenters. The van der Waals surface area contributed by atoms with E-state index in [9.17, 15) is 19.7 Å². The maximum atomic E-state index is 15.2. The number of halogens is 1. The lowest BCUT2D eigenvalue weighted by Gasteiger charge is -2.36. The highest BCUT2D eigenvalue weighted by Crippen LogP contribution is 2.26. The van der Waals surface area contributed by atoms with Crippen LogP contribution in [-0.2, 0) is 17.8 Å². The number of nitrogens with zero attached hydrogens (tertiary/aromatic N) is 6. The van der Waals surface area contributed by atoms with E-state index in [0.29, 0.717) is 62.8 Å². The number of rotatable bonds is 8. The molecule has 0 amide bonds. The zero-order valence-corrected chi connectivity index (χ0v) is 20.6. The molecule has 4 rings (SSSR count). The Hall–Kier alpha value is -3.80. The lowest BCUT2D eigenvalue weighted by Crippen LogP contribution is -2.47. The number of aromatic nitrogens is 3. The summed E-state index contributed by atoms with van der Waals surface area (Å²) in [5, 5.41) is 11.3. The van der Waals surface area contributed by atoms with Gasteiger partial charge in [0.25, 0.3) is 0 Å². The molecule has 11 nitrogen and oxygen atoms in total. The molecule has 0 N–H and O–H groups in total. The van der Waals surface area contributed by atoms with Crippen LogP contribution in [0.15, 0.2) is 29.3 Å². The Labute approximate surface area is 206 Å². The Morgan fingerprint density at radius 1 is 1.19 bits per heavy atom. The van der Waals surface area contributed by atoms with Gasteiger partial charge in [-0.1, -0.05) is 0 Å². The lowest BCUT2D eigenvalue weighted by molar-refractivity contribution is -0.392. The van der Waals surface area contributed by atoms with E-state index in [4.69, 9.17) is 4.74 Å². The quantitative estimate of drug-likeness (QED) is 0.263. The number of fused-ring (bicyclic) bond motifs is 1. The number of carbonyl (C=O) groups excluding carboxylic acids is 1. The fourth-order valence-electron chi connectivity index (χ4n) is 4.59. The minimum atomic E-state index is -0.719. The average molecular weight is 501 g/mol. The number of hydrogen-bond donors (Lipinski definition) is 0. The van der Waals surface area contributed by atoms with Crippen LogP contribution in [0, 0.1) is 22.9 Å². The van der Waals surface area contributed by atoms with Crippen molar-refractivity contribution < 1.29 is 18.8 Å². The molecule has 0 saturated carbocycles. The average Bonchev–Trinajstić information content (AvgIpc) is 3.24. The van der Waals surface area contributed by atoms with Gasteiger partial charge in [-0.15, -0.1) is 0 Å². The summed E-state index contributed by atoms with van der Waals surface area (Å²) in [5.41, 5.74) is 0.290. The van der Waals surface area contributed by atoms with Crippen molar-refractivity contribution in [2.75, 3.05) is 44.2 Å². The molecule has 192 valence electrons. The first-order chi connectivity index (χ1) is 17.2. The van der Waals surface area contributed by atoms with E-state index in [-0.39, 0.29) is 23.4 Å². The van der Waals surface area contributed by atoms with Crippen molar-refractivity contribution in [2.45, 2.75) is 33.9 Å². The number of anilines is 1. The molecule has 0 bridgehead atoms. The first-order valence-corrected chi connectivity index (χ1v) is 11.9. The first kappa shape index (κ1) is 25.3. The molecule has 1 aromatic carbocycles.